The molecule has 0 spiro atoms. The molecule has 2 N–H and O–H groups in total. The third-order valence-corrected chi connectivity index (χ3v) is 4.56. The van der Waals surface area contributed by atoms with E-state index in [0.29, 0.717) is 18.0 Å². The molecule has 0 radical (unpaired) electrons. The van der Waals surface area contributed by atoms with Gasteiger partial charge in [0.25, 0.3) is 0 Å². The molecule has 1 aliphatic carbocycles. The van der Waals surface area contributed by atoms with Crippen molar-refractivity contribution in [3.8, 4) is 0 Å². The van der Waals surface area contributed by atoms with Gasteiger partial charge in [-0.2, -0.15) is 0 Å². The van der Waals surface area contributed by atoms with Crippen LogP contribution in [0.5, 0.6) is 0 Å². The van der Waals surface area contributed by atoms with Crippen molar-refractivity contribution in [1.29, 1.82) is 0 Å². The molecule has 124 valence electrons. The van der Waals surface area contributed by atoms with Gasteiger partial charge in [-0.1, -0.05) is 47.5 Å². The molecule has 3 rings (SSSR count). The Balaban J connectivity index is 1.49. The molecule has 0 aliphatic heterocycles. The lowest BCUT2D eigenvalue weighted by molar-refractivity contribution is -0.125. The lowest BCUT2D eigenvalue weighted by Crippen LogP contribution is -2.27. The smallest absolute Gasteiger partial charge is 0.228 e. The number of halogens is 1. The van der Waals surface area contributed by atoms with Gasteiger partial charge < -0.3 is 10.6 Å². The molecule has 4 nitrogen and oxygen atoms in total. The van der Waals surface area contributed by atoms with E-state index < -0.39 is 0 Å². The molecule has 2 aromatic carbocycles. The number of hydrogen-bond acceptors (Lipinski definition) is 2. The fourth-order valence-corrected chi connectivity index (χ4v) is 2.80. The number of rotatable bonds is 5. The molecule has 1 saturated carbocycles. The van der Waals surface area contributed by atoms with Crippen molar-refractivity contribution >= 4 is 29.1 Å². The van der Waals surface area contributed by atoms with Gasteiger partial charge in [0.1, 0.15) is 0 Å². The molecular weight excluding hydrogens is 324 g/mol. The minimum Gasteiger partial charge on any atom is -0.352 e. The first-order chi connectivity index (χ1) is 11.5. The van der Waals surface area contributed by atoms with E-state index >= 15 is 0 Å². The van der Waals surface area contributed by atoms with Crippen LogP contribution >= 0.6 is 11.6 Å². The zero-order valence-corrected chi connectivity index (χ0v) is 14.1. The van der Waals surface area contributed by atoms with Crippen LogP contribution < -0.4 is 10.6 Å². The molecule has 2 aromatic rings. The quantitative estimate of drug-likeness (QED) is 0.873. The number of hydrogen-bond donors (Lipinski definition) is 2. The number of benzene rings is 2. The van der Waals surface area contributed by atoms with Crippen LogP contribution in [-0.4, -0.2) is 11.8 Å². The Morgan fingerprint density at radius 1 is 1.04 bits per heavy atom. The summed E-state index contributed by atoms with van der Waals surface area (Å²) in [4.78, 5) is 24.4. The molecule has 24 heavy (non-hydrogen) atoms. The van der Waals surface area contributed by atoms with Crippen molar-refractivity contribution in [1.82, 2.24) is 5.32 Å². The summed E-state index contributed by atoms with van der Waals surface area (Å²) in [5.41, 5.74) is 2.76. The summed E-state index contributed by atoms with van der Waals surface area (Å²) in [6.45, 7) is 2.37. The maximum absolute atomic E-state index is 12.2. The van der Waals surface area contributed by atoms with E-state index in [1.54, 1.807) is 6.07 Å². The molecule has 2 amide bonds. The maximum atomic E-state index is 12.2. The van der Waals surface area contributed by atoms with Crippen molar-refractivity contribution in [2.45, 2.75) is 19.9 Å². The normalized spacial score (nSPS) is 18.8. The first-order valence-corrected chi connectivity index (χ1v) is 8.31. The van der Waals surface area contributed by atoms with Gasteiger partial charge in [0.05, 0.1) is 11.8 Å². The van der Waals surface area contributed by atoms with Crippen molar-refractivity contribution < 1.29 is 9.59 Å². The average molecular weight is 343 g/mol. The van der Waals surface area contributed by atoms with Crippen LogP contribution in [0.2, 0.25) is 5.02 Å². The Morgan fingerprint density at radius 3 is 2.42 bits per heavy atom. The highest BCUT2D eigenvalue weighted by molar-refractivity contribution is 6.31. The highest BCUT2D eigenvalue weighted by Gasteiger charge is 2.47. The van der Waals surface area contributed by atoms with Crippen molar-refractivity contribution in [3.63, 3.8) is 0 Å². The third kappa shape index (κ3) is 3.95. The Morgan fingerprint density at radius 2 is 1.71 bits per heavy atom. The summed E-state index contributed by atoms with van der Waals surface area (Å²) in [5, 5.41) is 6.34. The highest BCUT2D eigenvalue weighted by atomic mass is 35.5. The molecule has 0 heterocycles. The largest absolute Gasteiger partial charge is 0.352 e. The molecule has 5 heteroatoms. The van der Waals surface area contributed by atoms with Crippen LogP contribution in [0, 0.1) is 18.8 Å². The molecular formula is C19H19ClN2O2. The summed E-state index contributed by atoms with van der Waals surface area (Å²) < 4.78 is 0. The summed E-state index contributed by atoms with van der Waals surface area (Å²) in [5.74, 6) is -0.703. The van der Waals surface area contributed by atoms with Gasteiger partial charge in [-0.15, -0.1) is 0 Å². The summed E-state index contributed by atoms with van der Waals surface area (Å²) in [6, 6.07) is 15.0. The van der Waals surface area contributed by atoms with Crippen molar-refractivity contribution in [2.24, 2.45) is 11.8 Å². The molecule has 1 aliphatic rings. The second kappa shape index (κ2) is 7.05. The van der Waals surface area contributed by atoms with Gasteiger partial charge >= 0.3 is 0 Å². The summed E-state index contributed by atoms with van der Waals surface area (Å²) in [6.07, 6.45) is 0.589. The minimum atomic E-state index is -0.252. The highest BCUT2D eigenvalue weighted by Crippen LogP contribution is 2.39. The second-order valence-corrected chi connectivity index (χ2v) is 6.52. The van der Waals surface area contributed by atoms with Gasteiger partial charge in [-0.05, 0) is 37.1 Å². The fraction of sp³-hybridized carbons (Fsp3) is 0.263. The SMILES string of the molecule is Cc1ccc(NC(=O)C2CC2C(=O)NCc2ccccc2Cl)cc1. The number of aryl methyl sites for hydroxylation is 1. The molecule has 2 unspecified atom stereocenters. The predicted molar refractivity (Wildman–Crippen MR) is 94.7 cm³/mol. The van der Waals surface area contributed by atoms with E-state index in [0.717, 1.165) is 16.8 Å². The number of carbonyl (C=O) groups is 2. The molecule has 0 bridgehead atoms. The first kappa shape index (κ1) is 16.5. The van der Waals surface area contributed by atoms with Crippen molar-refractivity contribution in [2.75, 3.05) is 5.32 Å². The van der Waals surface area contributed by atoms with Crippen LogP contribution in [0.3, 0.4) is 0 Å². The van der Waals surface area contributed by atoms with Gasteiger partial charge in [0.2, 0.25) is 11.8 Å². The Kier molecular flexibility index (Phi) is 4.86. The zero-order valence-electron chi connectivity index (χ0n) is 13.4. The van der Waals surface area contributed by atoms with E-state index in [-0.39, 0.29) is 23.7 Å². The number of amides is 2. The van der Waals surface area contributed by atoms with E-state index in [1.807, 2.05) is 49.4 Å². The molecule has 0 saturated heterocycles. The zero-order chi connectivity index (χ0) is 17.1. The minimum absolute atomic E-state index is 0.0982. The standard InChI is InChI=1S/C19H19ClN2O2/c1-12-6-8-14(9-7-12)22-19(24)16-10-15(16)18(23)21-11-13-4-2-3-5-17(13)20/h2-9,15-16H,10-11H2,1H3,(H,21,23)(H,22,24). The van der Waals surface area contributed by atoms with Crippen LogP contribution in [0.15, 0.2) is 48.5 Å². The number of carbonyl (C=O) groups excluding carboxylic acids is 2. The number of anilines is 1. The van der Waals surface area contributed by atoms with Crippen LogP contribution in [0.4, 0.5) is 5.69 Å². The summed E-state index contributed by atoms with van der Waals surface area (Å²) >= 11 is 6.07. The van der Waals surface area contributed by atoms with E-state index in [1.165, 1.54) is 0 Å². The topological polar surface area (TPSA) is 58.2 Å². The Hall–Kier alpha value is -2.33. The fourth-order valence-electron chi connectivity index (χ4n) is 2.60. The Labute approximate surface area is 146 Å². The van der Waals surface area contributed by atoms with Crippen LogP contribution in [0.25, 0.3) is 0 Å². The number of nitrogens with one attached hydrogen (secondary N) is 2. The monoisotopic (exact) mass is 342 g/mol. The van der Waals surface area contributed by atoms with Gasteiger partial charge in [0, 0.05) is 17.3 Å². The lowest BCUT2D eigenvalue weighted by atomic mass is 10.2. The van der Waals surface area contributed by atoms with Gasteiger partial charge in [0.15, 0.2) is 0 Å². The molecule has 1 fully saturated rings. The molecule has 2 atom stereocenters. The first-order valence-electron chi connectivity index (χ1n) is 7.93. The molecule has 0 aromatic heterocycles. The van der Waals surface area contributed by atoms with Crippen molar-refractivity contribution in [3.05, 3.63) is 64.7 Å². The van der Waals surface area contributed by atoms with Crippen LogP contribution in [-0.2, 0) is 16.1 Å². The lowest BCUT2D eigenvalue weighted by Gasteiger charge is -2.07. The van der Waals surface area contributed by atoms with Gasteiger partial charge in [-0.25, -0.2) is 0 Å². The second-order valence-electron chi connectivity index (χ2n) is 6.11. The van der Waals surface area contributed by atoms with Crippen LogP contribution in [0.1, 0.15) is 17.5 Å². The third-order valence-electron chi connectivity index (χ3n) is 4.19. The summed E-state index contributed by atoms with van der Waals surface area (Å²) in [7, 11) is 0. The van der Waals surface area contributed by atoms with E-state index in [2.05, 4.69) is 10.6 Å². The maximum Gasteiger partial charge on any atom is 0.228 e. The average Bonchev–Trinajstić information content (AvgIpc) is 3.37. The van der Waals surface area contributed by atoms with E-state index in [4.69, 9.17) is 11.6 Å². The predicted octanol–water partition coefficient (Wildman–Crippen LogP) is 3.54. The van der Waals surface area contributed by atoms with Gasteiger partial charge in [-0.3, -0.25) is 9.59 Å². The van der Waals surface area contributed by atoms with E-state index in [9.17, 15) is 9.59 Å². The Bertz CT molecular complexity index is 758.